The molecule has 0 heterocycles. The standard InChI is InChI=1S/C75H146O17P2/c1-7-9-11-13-14-15-16-23-31-36-41-47-53-59-74(79)91-70(63-85-72(77)57-51-43-12-10-8-2)65-89-93(81,82)87-61-69(76)62-88-94(83,84)90-66-71(64-86-73(78)58-52-46-40-35-30-27-26-29-34-39-45-50-56-68(5)6)92-75(80)60-54-48-42-37-32-25-22-20-18-17-19-21-24-28-33-38-44-49-55-67(3)4/h67-71,76H,7-66H2,1-6H3,(H,81,82)(H,83,84)/t69-,70+,71+/m0/s1. The molecule has 0 bridgehead atoms. The Bertz CT molecular complexity index is 1820. The van der Waals surface area contributed by atoms with Gasteiger partial charge in [0.2, 0.25) is 0 Å². The van der Waals surface area contributed by atoms with E-state index in [9.17, 15) is 43.2 Å². The number of hydrogen-bond acceptors (Lipinski definition) is 15. The van der Waals surface area contributed by atoms with Crippen molar-refractivity contribution in [3.8, 4) is 0 Å². The van der Waals surface area contributed by atoms with Gasteiger partial charge in [0.25, 0.3) is 0 Å². The summed E-state index contributed by atoms with van der Waals surface area (Å²) < 4.78 is 68.3. The molecular formula is C75H146O17P2. The molecule has 0 aromatic heterocycles. The molecule has 0 aliphatic rings. The summed E-state index contributed by atoms with van der Waals surface area (Å²) in [4.78, 5) is 72.5. The van der Waals surface area contributed by atoms with Gasteiger partial charge < -0.3 is 33.8 Å². The molecule has 0 spiro atoms. The third-order valence-electron chi connectivity index (χ3n) is 17.5. The van der Waals surface area contributed by atoms with Gasteiger partial charge in [-0.2, -0.15) is 0 Å². The third-order valence-corrected chi connectivity index (χ3v) is 19.4. The fourth-order valence-electron chi connectivity index (χ4n) is 11.5. The van der Waals surface area contributed by atoms with E-state index in [2.05, 4.69) is 41.5 Å². The molecule has 0 fully saturated rings. The second-order valence-electron chi connectivity index (χ2n) is 28.0. The van der Waals surface area contributed by atoms with Crippen molar-refractivity contribution in [1.29, 1.82) is 0 Å². The zero-order valence-electron chi connectivity index (χ0n) is 61.3. The first kappa shape index (κ1) is 92.1. The highest BCUT2D eigenvalue weighted by Crippen LogP contribution is 2.45. The monoisotopic (exact) mass is 1380 g/mol. The molecule has 2 unspecified atom stereocenters. The lowest BCUT2D eigenvalue weighted by atomic mass is 10.0. The third kappa shape index (κ3) is 68.6. The first-order chi connectivity index (χ1) is 45.4. The number of carbonyl (C=O) groups excluding carboxylic acids is 4. The lowest BCUT2D eigenvalue weighted by molar-refractivity contribution is -0.161. The smallest absolute Gasteiger partial charge is 0.462 e. The van der Waals surface area contributed by atoms with Crippen LogP contribution in [-0.2, 0) is 65.4 Å². The summed E-state index contributed by atoms with van der Waals surface area (Å²) >= 11 is 0. The van der Waals surface area contributed by atoms with Crippen LogP contribution in [0, 0.1) is 11.8 Å². The zero-order chi connectivity index (χ0) is 69.3. The van der Waals surface area contributed by atoms with E-state index in [4.69, 9.17) is 37.0 Å². The fraction of sp³-hybridized carbons (Fsp3) is 0.947. The minimum Gasteiger partial charge on any atom is -0.462 e. The molecule has 0 rings (SSSR count). The van der Waals surface area contributed by atoms with Crippen molar-refractivity contribution in [2.24, 2.45) is 11.8 Å². The molecule has 17 nitrogen and oxygen atoms in total. The van der Waals surface area contributed by atoms with Gasteiger partial charge in [0, 0.05) is 25.7 Å². The number of rotatable bonds is 74. The summed E-state index contributed by atoms with van der Waals surface area (Å²) in [6.07, 6.45) is 54.5. The zero-order valence-corrected chi connectivity index (χ0v) is 63.1. The molecule has 0 saturated carbocycles. The normalized spacial score (nSPS) is 14.0. The molecule has 0 aromatic carbocycles. The van der Waals surface area contributed by atoms with E-state index in [0.29, 0.717) is 25.7 Å². The van der Waals surface area contributed by atoms with Crippen LogP contribution in [0.4, 0.5) is 0 Å². The molecule has 94 heavy (non-hydrogen) atoms. The van der Waals surface area contributed by atoms with Gasteiger partial charge in [-0.1, -0.05) is 337 Å². The van der Waals surface area contributed by atoms with Gasteiger partial charge in [-0.25, -0.2) is 9.13 Å². The van der Waals surface area contributed by atoms with E-state index in [1.54, 1.807) is 0 Å². The van der Waals surface area contributed by atoms with E-state index < -0.39 is 97.5 Å². The Morgan fingerprint density at radius 2 is 0.489 bits per heavy atom. The number of aliphatic hydroxyl groups excluding tert-OH is 1. The topological polar surface area (TPSA) is 237 Å². The minimum atomic E-state index is -4.95. The summed E-state index contributed by atoms with van der Waals surface area (Å²) in [5, 5.41) is 10.6. The predicted octanol–water partition coefficient (Wildman–Crippen LogP) is 21.9. The van der Waals surface area contributed by atoms with E-state index in [0.717, 1.165) is 108 Å². The predicted molar refractivity (Wildman–Crippen MR) is 381 cm³/mol. The average Bonchev–Trinajstić information content (AvgIpc) is 1.91. The molecule has 0 radical (unpaired) electrons. The van der Waals surface area contributed by atoms with E-state index >= 15 is 0 Å². The average molecular weight is 1380 g/mol. The van der Waals surface area contributed by atoms with Crippen LogP contribution < -0.4 is 0 Å². The first-order valence-corrected chi connectivity index (χ1v) is 42.0. The van der Waals surface area contributed by atoms with Gasteiger partial charge in [0.05, 0.1) is 26.4 Å². The number of phosphoric acid groups is 2. The van der Waals surface area contributed by atoms with Gasteiger partial charge in [-0.3, -0.25) is 37.3 Å². The van der Waals surface area contributed by atoms with Crippen LogP contribution in [0.5, 0.6) is 0 Å². The molecule has 0 aliphatic carbocycles. The Hall–Kier alpha value is -1.94. The highest BCUT2D eigenvalue weighted by molar-refractivity contribution is 7.47. The van der Waals surface area contributed by atoms with Gasteiger partial charge in [-0.05, 0) is 37.5 Å². The Balaban J connectivity index is 5.12. The van der Waals surface area contributed by atoms with E-state index in [1.807, 2.05) is 0 Å². The maximum absolute atomic E-state index is 13.1. The van der Waals surface area contributed by atoms with E-state index in [-0.39, 0.29) is 25.7 Å². The molecule has 0 aromatic rings. The Morgan fingerprint density at radius 3 is 0.723 bits per heavy atom. The summed E-state index contributed by atoms with van der Waals surface area (Å²) in [6, 6.07) is 0. The van der Waals surface area contributed by atoms with Crippen LogP contribution in [0.1, 0.15) is 388 Å². The number of carbonyl (C=O) groups is 4. The molecule has 0 saturated heterocycles. The van der Waals surface area contributed by atoms with Crippen LogP contribution >= 0.6 is 15.6 Å². The number of ether oxygens (including phenoxy) is 4. The highest BCUT2D eigenvalue weighted by Gasteiger charge is 2.30. The van der Waals surface area contributed by atoms with Crippen molar-refractivity contribution >= 4 is 39.5 Å². The Kier molecular flexibility index (Phi) is 65.5. The van der Waals surface area contributed by atoms with Crippen molar-refractivity contribution in [2.45, 2.75) is 407 Å². The molecule has 0 aliphatic heterocycles. The maximum Gasteiger partial charge on any atom is 0.472 e. The largest absolute Gasteiger partial charge is 0.472 e. The molecular weight excluding hydrogens is 1230 g/mol. The summed E-state index contributed by atoms with van der Waals surface area (Å²) in [6.45, 7) is 9.55. The van der Waals surface area contributed by atoms with Crippen molar-refractivity contribution in [2.75, 3.05) is 39.6 Å². The second kappa shape index (κ2) is 66.9. The number of phosphoric ester groups is 2. The van der Waals surface area contributed by atoms with Crippen LogP contribution in [0.25, 0.3) is 0 Å². The number of unbranched alkanes of at least 4 members (excludes halogenated alkanes) is 44. The van der Waals surface area contributed by atoms with Crippen molar-refractivity contribution in [3.05, 3.63) is 0 Å². The maximum atomic E-state index is 13.1. The SMILES string of the molecule is CCCCCCCCCCCCCCCC(=O)O[C@H](COC(=O)CCCCCCC)COP(=O)(O)OC[C@H](O)COP(=O)(O)OC[C@@H](COC(=O)CCCCCCCCCCCCCCC(C)C)OC(=O)CCCCCCCCCCCCCCCCCCCCC(C)C. The summed E-state index contributed by atoms with van der Waals surface area (Å²) in [5.41, 5.74) is 0. The quantitative estimate of drug-likeness (QED) is 0.0222. The van der Waals surface area contributed by atoms with Gasteiger partial charge in [-0.15, -0.1) is 0 Å². The second-order valence-corrected chi connectivity index (χ2v) is 30.9. The van der Waals surface area contributed by atoms with Crippen molar-refractivity contribution < 1.29 is 80.2 Å². The molecule has 558 valence electrons. The first-order valence-electron chi connectivity index (χ1n) is 39.0. The van der Waals surface area contributed by atoms with Crippen LogP contribution in [-0.4, -0.2) is 96.7 Å². The molecule has 3 N–H and O–H groups in total. The minimum absolute atomic E-state index is 0.107. The number of esters is 4. The Morgan fingerprint density at radius 1 is 0.287 bits per heavy atom. The lowest BCUT2D eigenvalue weighted by Gasteiger charge is -2.21. The van der Waals surface area contributed by atoms with Crippen molar-refractivity contribution in [3.63, 3.8) is 0 Å². The molecule has 19 heteroatoms. The summed E-state index contributed by atoms with van der Waals surface area (Å²) in [7, 11) is -9.90. The van der Waals surface area contributed by atoms with Crippen LogP contribution in [0.15, 0.2) is 0 Å². The van der Waals surface area contributed by atoms with Crippen LogP contribution in [0.2, 0.25) is 0 Å². The Labute approximate surface area is 575 Å². The van der Waals surface area contributed by atoms with Crippen LogP contribution in [0.3, 0.4) is 0 Å². The van der Waals surface area contributed by atoms with Gasteiger partial charge in [0.15, 0.2) is 12.2 Å². The lowest BCUT2D eigenvalue weighted by Crippen LogP contribution is -2.30. The van der Waals surface area contributed by atoms with Gasteiger partial charge in [0.1, 0.15) is 19.3 Å². The van der Waals surface area contributed by atoms with Crippen molar-refractivity contribution in [1.82, 2.24) is 0 Å². The number of hydrogen-bond donors (Lipinski definition) is 3. The highest BCUT2D eigenvalue weighted by atomic mass is 31.2. The summed E-state index contributed by atoms with van der Waals surface area (Å²) in [5.74, 6) is -0.525. The fourth-order valence-corrected chi connectivity index (χ4v) is 13.1. The molecule has 0 amide bonds. The number of aliphatic hydroxyl groups is 1. The van der Waals surface area contributed by atoms with E-state index in [1.165, 1.54) is 199 Å². The molecule has 5 atom stereocenters. The van der Waals surface area contributed by atoms with Gasteiger partial charge >= 0.3 is 39.5 Å².